The van der Waals surface area contributed by atoms with Crippen molar-refractivity contribution in [2.75, 3.05) is 6.61 Å². The van der Waals surface area contributed by atoms with Crippen molar-refractivity contribution in [1.82, 2.24) is 9.55 Å². The number of phosphoric ester groups is 1. The summed E-state index contributed by atoms with van der Waals surface area (Å²) in [6, 6.07) is 9.55. The Morgan fingerprint density at radius 3 is 2.22 bits per heavy atom. The van der Waals surface area contributed by atoms with Crippen molar-refractivity contribution in [2.24, 2.45) is 0 Å². The fourth-order valence-corrected chi connectivity index (χ4v) is 11.0. The van der Waals surface area contributed by atoms with E-state index >= 15 is 0 Å². The van der Waals surface area contributed by atoms with E-state index in [1.165, 1.54) is 0 Å². The predicted octanol–water partition coefficient (Wildman–Crippen LogP) is 2.40. The van der Waals surface area contributed by atoms with Gasteiger partial charge in [-0.2, -0.15) is 8.62 Å². The number of phosphoric acid groups is 3. The quantitative estimate of drug-likeness (QED) is 0.0991. The van der Waals surface area contributed by atoms with Gasteiger partial charge in [0, 0.05) is 12.6 Å². The number of nitrogens with one attached hydrogen (secondary N) is 1. The van der Waals surface area contributed by atoms with Crippen LogP contribution in [0.5, 0.6) is 0 Å². The van der Waals surface area contributed by atoms with Crippen LogP contribution in [0.2, 0.25) is 11.1 Å². The largest absolute Gasteiger partial charge is 0.490 e. The van der Waals surface area contributed by atoms with Gasteiger partial charge in [-0.15, -0.1) is 0 Å². The summed E-state index contributed by atoms with van der Waals surface area (Å²) in [4.78, 5) is 63.7. The normalized spacial score (nSPS) is 21.7. The number of rotatable bonds is 13. The summed E-state index contributed by atoms with van der Waals surface area (Å²) in [5.74, 6) is 2.89. The molecule has 0 amide bonds. The van der Waals surface area contributed by atoms with E-state index in [-0.39, 0.29) is 23.1 Å². The van der Waals surface area contributed by atoms with Crippen LogP contribution in [0.4, 0.5) is 0 Å². The van der Waals surface area contributed by atoms with Crippen molar-refractivity contribution in [3.63, 3.8) is 0 Å². The summed E-state index contributed by atoms with van der Waals surface area (Å²) in [5.41, 5.74) is 2.52. The van der Waals surface area contributed by atoms with E-state index in [1.807, 2.05) is 58.0 Å². The van der Waals surface area contributed by atoms with Crippen molar-refractivity contribution in [2.45, 2.75) is 70.2 Å². The molecule has 1 aromatic carbocycles. The Kier molecular flexibility index (Phi) is 12.3. The molecule has 0 bridgehead atoms. The van der Waals surface area contributed by atoms with E-state index < -0.39 is 68.1 Å². The number of hydrogen-bond acceptors (Lipinski definition) is 11. The molecule has 45 heavy (non-hydrogen) atoms. The standard InChI is InChI=1S/C24H35N2O15P3Si/c1-16(2)45(17(3)4,38-14-18-8-6-5-7-9-18)11-10-19-13-26(24(29)25-23(19)28)22-12-20(27)21(39-22)15-37-43(33,34)41-44(35,36)40-42(30,31)32/h5-9,13,16-17,20-22,27H,12,14-15H2,1-4H3,(H,33,34)(H,35,36)(H,25,28,29)(H2,30,31,32)/t20?,21-,22-/m1/s1. The van der Waals surface area contributed by atoms with Crippen LogP contribution in [0.25, 0.3) is 0 Å². The average molecular weight is 713 g/mol. The average Bonchev–Trinajstić information content (AvgIpc) is 3.26. The van der Waals surface area contributed by atoms with Crippen molar-refractivity contribution >= 4 is 31.8 Å². The number of H-pyrrole nitrogens is 1. The maximum Gasteiger partial charge on any atom is 0.490 e. The molecule has 2 heterocycles. The third-order valence-electron chi connectivity index (χ3n) is 6.73. The summed E-state index contributed by atoms with van der Waals surface area (Å²) < 4.78 is 59.2. The monoisotopic (exact) mass is 712 g/mol. The van der Waals surface area contributed by atoms with Gasteiger partial charge in [0.15, 0.2) is 0 Å². The first kappa shape index (κ1) is 37.4. The van der Waals surface area contributed by atoms with Gasteiger partial charge in [0.2, 0.25) is 0 Å². The number of aromatic nitrogens is 2. The van der Waals surface area contributed by atoms with Gasteiger partial charge in [0.05, 0.1) is 19.3 Å². The van der Waals surface area contributed by atoms with Gasteiger partial charge in [-0.05, 0) is 16.6 Å². The molecule has 1 aliphatic heterocycles. The first-order chi connectivity index (χ1) is 20.7. The second-order valence-corrected chi connectivity index (χ2v) is 19.5. The highest BCUT2D eigenvalue weighted by molar-refractivity contribution is 7.66. The molecule has 1 fully saturated rings. The molecule has 2 aromatic rings. The Hall–Kier alpha value is -2.03. The number of hydrogen-bond donors (Lipinski definition) is 6. The van der Waals surface area contributed by atoms with E-state index in [0.29, 0.717) is 6.61 Å². The number of aliphatic hydroxyl groups is 1. The van der Waals surface area contributed by atoms with Gasteiger partial charge in [-0.25, -0.2) is 18.5 Å². The van der Waals surface area contributed by atoms with Gasteiger partial charge in [0.1, 0.15) is 17.9 Å². The zero-order valence-corrected chi connectivity index (χ0v) is 28.3. The molecule has 1 aromatic heterocycles. The lowest BCUT2D eigenvalue weighted by Crippen LogP contribution is -2.44. The van der Waals surface area contributed by atoms with E-state index in [0.717, 1.165) is 16.3 Å². The van der Waals surface area contributed by atoms with Crippen LogP contribution in [0, 0.1) is 11.5 Å². The molecule has 0 radical (unpaired) electrons. The molecule has 3 rings (SSSR count). The van der Waals surface area contributed by atoms with Gasteiger partial charge < -0.3 is 33.8 Å². The SMILES string of the molecule is CC(C)[Si](C#Cc1cn([C@H]2CC(O)[C@@H](COP(=O)(O)OP(=O)(O)OP(=O)(O)O)O2)c(=O)[nH]c1=O)(OCc1ccccc1)C(C)C. The Morgan fingerprint density at radius 1 is 1.02 bits per heavy atom. The minimum atomic E-state index is -5.74. The first-order valence-electron chi connectivity index (χ1n) is 13.4. The second kappa shape index (κ2) is 14.8. The summed E-state index contributed by atoms with van der Waals surface area (Å²) in [6.45, 7) is 7.37. The second-order valence-electron chi connectivity index (χ2n) is 10.7. The van der Waals surface area contributed by atoms with Crippen molar-refractivity contribution < 1.29 is 60.7 Å². The Bertz CT molecular complexity index is 1660. The first-order valence-corrected chi connectivity index (χ1v) is 20.0. The van der Waals surface area contributed by atoms with Crippen LogP contribution in [-0.2, 0) is 42.6 Å². The van der Waals surface area contributed by atoms with Gasteiger partial charge in [0.25, 0.3) is 13.9 Å². The number of benzene rings is 1. The lowest BCUT2D eigenvalue weighted by atomic mass is 10.2. The molecule has 0 aliphatic carbocycles. The van der Waals surface area contributed by atoms with E-state index in [4.69, 9.17) is 18.9 Å². The minimum Gasteiger partial charge on any atom is -0.400 e. The topological polar surface area (TPSA) is 253 Å². The van der Waals surface area contributed by atoms with Gasteiger partial charge >= 0.3 is 29.2 Å². The van der Waals surface area contributed by atoms with Crippen LogP contribution >= 0.6 is 23.5 Å². The highest BCUT2D eigenvalue weighted by Gasteiger charge is 2.43. The molecule has 3 unspecified atom stereocenters. The molecular formula is C24H35N2O15P3Si. The van der Waals surface area contributed by atoms with Crippen LogP contribution < -0.4 is 11.2 Å². The third kappa shape index (κ3) is 10.5. The van der Waals surface area contributed by atoms with Crippen LogP contribution in [0.3, 0.4) is 0 Å². The highest BCUT2D eigenvalue weighted by atomic mass is 31.3. The lowest BCUT2D eigenvalue weighted by molar-refractivity contribution is -0.0450. The maximum absolute atomic E-state index is 12.7. The van der Waals surface area contributed by atoms with Crippen molar-refractivity contribution in [3.05, 3.63) is 68.5 Å². The lowest BCUT2D eigenvalue weighted by Gasteiger charge is -2.33. The number of aromatic amines is 1. The molecule has 0 saturated carbocycles. The zero-order valence-electron chi connectivity index (χ0n) is 24.6. The summed E-state index contributed by atoms with van der Waals surface area (Å²) >= 11 is 0. The predicted molar refractivity (Wildman–Crippen MR) is 160 cm³/mol. The van der Waals surface area contributed by atoms with E-state index in [2.05, 4.69) is 29.6 Å². The third-order valence-corrected chi connectivity index (χ3v) is 15.1. The molecule has 5 atom stereocenters. The number of aliphatic hydroxyl groups excluding tert-OH is 1. The smallest absolute Gasteiger partial charge is 0.400 e. The molecule has 250 valence electrons. The molecule has 6 N–H and O–H groups in total. The van der Waals surface area contributed by atoms with E-state index in [9.17, 15) is 38.2 Å². The van der Waals surface area contributed by atoms with Crippen LogP contribution in [0.15, 0.2) is 46.1 Å². The number of nitrogens with zero attached hydrogens (tertiary/aromatic N) is 1. The molecular weight excluding hydrogens is 677 g/mol. The Balaban J connectivity index is 1.80. The van der Waals surface area contributed by atoms with Gasteiger partial charge in [-0.1, -0.05) is 69.5 Å². The van der Waals surface area contributed by atoms with Crippen molar-refractivity contribution in [1.29, 1.82) is 0 Å². The molecule has 21 heteroatoms. The maximum atomic E-state index is 12.7. The van der Waals surface area contributed by atoms with Crippen molar-refractivity contribution in [3.8, 4) is 11.5 Å². The minimum absolute atomic E-state index is 0.0299. The summed E-state index contributed by atoms with van der Waals surface area (Å²) in [7, 11) is -19.6. The summed E-state index contributed by atoms with van der Waals surface area (Å²) in [6.07, 6.45) is -3.08. The number of ether oxygens (including phenoxy) is 1. The Labute approximate surface area is 258 Å². The molecule has 17 nitrogen and oxygen atoms in total. The zero-order chi connectivity index (χ0) is 33.8. The van der Waals surface area contributed by atoms with E-state index in [1.54, 1.807) is 0 Å². The van der Waals surface area contributed by atoms with Crippen LogP contribution in [-0.4, -0.2) is 61.4 Å². The molecule has 1 saturated heterocycles. The molecule has 1 aliphatic rings. The van der Waals surface area contributed by atoms with Crippen LogP contribution in [0.1, 0.15) is 51.5 Å². The fraction of sp³-hybridized carbons (Fsp3) is 0.500. The fourth-order valence-electron chi connectivity index (χ4n) is 4.56. The Morgan fingerprint density at radius 2 is 1.64 bits per heavy atom. The molecule has 0 spiro atoms. The van der Waals surface area contributed by atoms with Gasteiger partial charge in [-0.3, -0.25) is 18.9 Å². The highest BCUT2D eigenvalue weighted by Crippen LogP contribution is 2.66. The summed E-state index contributed by atoms with van der Waals surface area (Å²) in [5, 5.41) is 10.4.